The topological polar surface area (TPSA) is 51.5 Å². The highest BCUT2D eigenvalue weighted by molar-refractivity contribution is 9.10. The van der Waals surface area contributed by atoms with Crippen molar-refractivity contribution in [2.24, 2.45) is 0 Å². The molecule has 1 aromatic carbocycles. The van der Waals surface area contributed by atoms with Crippen molar-refractivity contribution in [2.45, 2.75) is 33.2 Å². The molecule has 0 radical (unpaired) electrons. The van der Waals surface area contributed by atoms with Gasteiger partial charge in [0.2, 0.25) is 0 Å². The second-order valence-electron chi connectivity index (χ2n) is 5.73. The maximum Gasteiger partial charge on any atom is 0.287 e. The molecule has 0 bridgehead atoms. The van der Waals surface area contributed by atoms with Crippen molar-refractivity contribution in [3.05, 3.63) is 50.9 Å². The Morgan fingerprint density at radius 1 is 1.23 bits per heavy atom. The van der Waals surface area contributed by atoms with Crippen molar-refractivity contribution in [1.29, 1.82) is 0 Å². The number of aryl methyl sites for hydroxylation is 3. The van der Waals surface area contributed by atoms with Crippen molar-refractivity contribution < 1.29 is 13.9 Å². The van der Waals surface area contributed by atoms with E-state index in [-0.39, 0.29) is 11.9 Å². The number of carbonyl (C=O) groups excluding carboxylic acids is 1. The highest BCUT2D eigenvalue weighted by atomic mass is 79.9. The van der Waals surface area contributed by atoms with Gasteiger partial charge in [0.05, 0.1) is 12.6 Å². The number of nitrogens with one attached hydrogen (secondary N) is 1. The van der Waals surface area contributed by atoms with Crippen molar-refractivity contribution in [1.82, 2.24) is 5.32 Å². The first-order chi connectivity index (χ1) is 10.5. The van der Waals surface area contributed by atoms with Crippen molar-refractivity contribution >= 4 is 21.8 Å². The fourth-order valence-corrected chi connectivity index (χ4v) is 3.43. The number of amides is 1. The van der Waals surface area contributed by atoms with Gasteiger partial charge in [-0.2, -0.15) is 0 Å². The normalized spacial score (nSPS) is 16.8. The molecule has 0 saturated heterocycles. The minimum absolute atomic E-state index is 0.0573. The summed E-state index contributed by atoms with van der Waals surface area (Å²) in [6.07, 6.45) is 0.753. The molecule has 1 aromatic heterocycles. The average molecular weight is 364 g/mol. The standard InChI is InChI=1S/C17H18BrNO3/c1-9-6-10(2)15-12(7-9)13(4-5-21-15)19-17(20)16-11(3)8-14(18)22-16/h6-8,13H,4-5H2,1-3H3,(H,19,20). The molecule has 116 valence electrons. The number of ether oxygens (including phenoxy) is 1. The van der Waals surface area contributed by atoms with Gasteiger partial charge in [-0.1, -0.05) is 17.7 Å². The van der Waals surface area contributed by atoms with Gasteiger partial charge in [0, 0.05) is 17.5 Å². The fourth-order valence-electron chi connectivity index (χ4n) is 2.92. The Kier molecular flexibility index (Phi) is 4.00. The first-order valence-electron chi connectivity index (χ1n) is 7.26. The third-order valence-corrected chi connectivity index (χ3v) is 4.27. The molecule has 4 nitrogen and oxygen atoms in total. The molecule has 22 heavy (non-hydrogen) atoms. The summed E-state index contributed by atoms with van der Waals surface area (Å²) in [6, 6.07) is 5.91. The van der Waals surface area contributed by atoms with Gasteiger partial charge in [-0.25, -0.2) is 0 Å². The molecule has 0 spiro atoms. The fraction of sp³-hybridized carbons (Fsp3) is 0.353. The van der Waals surface area contributed by atoms with E-state index in [2.05, 4.69) is 40.3 Å². The van der Waals surface area contributed by atoms with Crippen LogP contribution in [-0.4, -0.2) is 12.5 Å². The van der Waals surface area contributed by atoms with E-state index in [1.807, 2.05) is 13.8 Å². The quantitative estimate of drug-likeness (QED) is 0.868. The highest BCUT2D eigenvalue weighted by Crippen LogP contribution is 2.36. The summed E-state index contributed by atoms with van der Waals surface area (Å²) in [6.45, 7) is 6.54. The number of furan rings is 1. The van der Waals surface area contributed by atoms with Crippen LogP contribution < -0.4 is 10.1 Å². The SMILES string of the molecule is Cc1cc(C)c2c(c1)C(NC(=O)c1oc(Br)cc1C)CCO2. The smallest absolute Gasteiger partial charge is 0.287 e. The lowest BCUT2D eigenvalue weighted by atomic mass is 9.95. The summed E-state index contributed by atoms with van der Waals surface area (Å²) in [5, 5.41) is 3.07. The van der Waals surface area contributed by atoms with Gasteiger partial charge in [-0.3, -0.25) is 4.79 Å². The number of hydrogen-bond acceptors (Lipinski definition) is 3. The van der Waals surface area contributed by atoms with E-state index in [1.165, 1.54) is 0 Å². The van der Waals surface area contributed by atoms with E-state index in [0.29, 0.717) is 17.0 Å². The van der Waals surface area contributed by atoms with E-state index >= 15 is 0 Å². The van der Waals surface area contributed by atoms with Crippen LogP contribution in [0.3, 0.4) is 0 Å². The van der Waals surface area contributed by atoms with Gasteiger partial charge in [0.25, 0.3) is 5.91 Å². The maximum atomic E-state index is 12.5. The molecule has 1 atom stereocenters. The maximum absolute atomic E-state index is 12.5. The Bertz CT molecular complexity index is 736. The molecule has 0 aliphatic carbocycles. The molecule has 2 aromatic rings. The van der Waals surface area contributed by atoms with Gasteiger partial charge in [-0.15, -0.1) is 0 Å². The molecule has 1 amide bonds. The van der Waals surface area contributed by atoms with E-state index < -0.39 is 0 Å². The number of fused-ring (bicyclic) bond motifs is 1. The van der Waals surface area contributed by atoms with Crippen LogP contribution in [0.4, 0.5) is 0 Å². The second kappa shape index (κ2) is 5.80. The Balaban J connectivity index is 1.89. The van der Waals surface area contributed by atoms with Crippen molar-refractivity contribution in [3.63, 3.8) is 0 Å². The highest BCUT2D eigenvalue weighted by Gasteiger charge is 2.26. The van der Waals surface area contributed by atoms with E-state index in [1.54, 1.807) is 6.07 Å². The van der Waals surface area contributed by atoms with Gasteiger partial charge in [0.15, 0.2) is 10.4 Å². The zero-order valence-electron chi connectivity index (χ0n) is 12.8. The van der Waals surface area contributed by atoms with Crippen LogP contribution in [0.15, 0.2) is 27.3 Å². The summed E-state index contributed by atoms with van der Waals surface area (Å²) >= 11 is 3.25. The molecule has 1 aliphatic rings. The van der Waals surface area contributed by atoms with Crippen LogP contribution in [0.1, 0.15) is 45.3 Å². The molecule has 5 heteroatoms. The van der Waals surface area contributed by atoms with E-state index in [4.69, 9.17) is 9.15 Å². The van der Waals surface area contributed by atoms with E-state index in [9.17, 15) is 4.79 Å². The third kappa shape index (κ3) is 2.77. The molecule has 3 rings (SSSR count). The Morgan fingerprint density at radius 3 is 2.68 bits per heavy atom. The lowest BCUT2D eigenvalue weighted by Gasteiger charge is -2.28. The number of benzene rings is 1. The summed E-state index contributed by atoms with van der Waals surface area (Å²) in [7, 11) is 0. The second-order valence-corrected chi connectivity index (χ2v) is 6.51. The Hall–Kier alpha value is -1.75. The lowest BCUT2D eigenvalue weighted by molar-refractivity contribution is 0.0894. The van der Waals surface area contributed by atoms with Crippen LogP contribution >= 0.6 is 15.9 Å². The van der Waals surface area contributed by atoms with Gasteiger partial charge in [-0.05, 0) is 48.3 Å². The number of halogens is 1. The zero-order chi connectivity index (χ0) is 15.9. The van der Waals surface area contributed by atoms with Gasteiger partial charge < -0.3 is 14.5 Å². The lowest BCUT2D eigenvalue weighted by Crippen LogP contribution is -2.32. The molecular weight excluding hydrogens is 346 g/mol. The van der Waals surface area contributed by atoms with Crippen LogP contribution in [0.5, 0.6) is 5.75 Å². The van der Waals surface area contributed by atoms with Crippen molar-refractivity contribution in [2.75, 3.05) is 6.61 Å². The van der Waals surface area contributed by atoms with Crippen LogP contribution in [0.2, 0.25) is 0 Å². The first kappa shape index (κ1) is 15.2. The number of carbonyl (C=O) groups is 1. The van der Waals surface area contributed by atoms with E-state index in [0.717, 1.165) is 34.4 Å². The molecule has 1 aliphatic heterocycles. The molecule has 0 fully saturated rings. The van der Waals surface area contributed by atoms with Gasteiger partial charge >= 0.3 is 0 Å². The molecular formula is C17H18BrNO3. The van der Waals surface area contributed by atoms with Crippen LogP contribution in [0.25, 0.3) is 0 Å². The predicted octanol–water partition coefficient (Wildman–Crippen LogP) is 4.22. The summed E-state index contributed by atoms with van der Waals surface area (Å²) < 4.78 is 11.8. The minimum Gasteiger partial charge on any atom is -0.493 e. The summed E-state index contributed by atoms with van der Waals surface area (Å²) in [4.78, 5) is 12.5. The van der Waals surface area contributed by atoms with Crippen LogP contribution in [0, 0.1) is 20.8 Å². The Labute approximate surface area is 138 Å². The monoisotopic (exact) mass is 363 g/mol. The largest absolute Gasteiger partial charge is 0.493 e. The van der Waals surface area contributed by atoms with Crippen molar-refractivity contribution in [3.8, 4) is 5.75 Å². The van der Waals surface area contributed by atoms with Crippen LogP contribution in [-0.2, 0) is 0 Å². The minimum atomic E-state index is -0.194. The number of hydrogen-bond donors (Lipinski definition) is 1. The zero-order valence-corrected chi connectivity index (χ0v) is 14.4. The summed E-state index contributed by atoms with van der Waals surface area (Å²) in [5.74, 6) is 1.05. The molecule has 1 N–H and O–H groups in total. The summed E-state index contributed by atoms with van der Waals surface area (Å²) in [5.41, 5.74) is 4.13. The predicted molar refractivity (Wildman–Crippen MR) is 87.4 cm³/mol. The first-order valence-corrected chi connectivity index (χ1v) is 8.05. The third-order valence-electron chi connectivity index (χ3n) is 3.88. The molecule has 2 heterocycles. The number of rotatable bonds is 2. The molecule has 0 saturated carbocycles. The average Bonchev–Trinajstić information content (AvgIpc) is 2.78. The molecule has 1 unspecified atom stereocenters. The van der Waals surface area contributed by atoms with Gasteiger partial charge in [0.1, 0.15) is 5.75 Å². The Morgan fingerprint density at radius 2 is 2.00 bits per heavy atom.